The van der Waals surface area contributed by atoms with Gasteiger partial charge < -0.3 is 15.5 Å². The number of anilines is 1. The van der Waals surface area contributed by atoms with Crippen LogP contribution in [0, 0.1) is 6.92 Å². The number of nitrogens with one attached hydrogen (secondary N) is 2. The smallest absolute Gasteiger partial charge is 0.257 e. The van der Waals surface area contributed by atoms with Crippen molar-refractivity contribution in [2.75, 3.05) is 32.5 Å². The van der Waals surface area contributed by atoms with E-state index in [2.05, 4.69) is 20.5 Å². The van der Waals surface area contributed by atoms with Gasteiger partial charge in [0, 0.05) is 29.6 Å². The van der Waals surface area contributed by atoms with Crippen LogP contribution in [0.4, 0.5) is 5.69 Å². The van der Waals surface area contributed by atoms with Crippen LogP contribution in [0.3, 0.4) is 0 Å². The number of benzene rings is 1. The number of hydrogen-bond donors (Lipinski definition) is 2. The molecular weight excluding hydrogens is 352 g/mol. The van der Waals surface area contributed by atoms with Gasteiger partial charge in [0.05, 0.1) is 11.1 Å². The molecule has 0 fully saturated rings. The van der Waals surface area contributed by atoms with E-state index in [0.717, 1.165) is 18.5 Å². The summed E-state index contributed by atoms with van der Waals surface area (Å²) >= 11 is 5.93. The molecule has 0 spiro atoms. The van der Waals surface area contributed by atoms with Gasteiger partial charge in [-0.1, -0.05) is 11.6 Å². The second kappa shape index (κ2) is 9.31. The molecule has 2 amide bonds. The molecule has 0 atom stereocenters. The van der Waals surface area contributed by atoms with E-state index in [-0.39, 0.29) is 11.8 Å². The molecule has 0 unspecified atom stereocenters. The Morgan fingerprint density at radius 3 is 2.46 bits per heavy atom. The topological polar surface area (TPSA) is 74.3 Å². The van der Waals surface area contributed by atoms with E-state index >= 15 is 0 Å². The summed E-state index contributed by atoms with van der Waals surface area (Å²) in [6.45, 7) is 3.32. The van der Waals surface area contributed by atoms with E-state index in [4.69, 9.17) is 11.6 Å². The summed E-state index contributed by atoms with van der Waals surface area (Å²) in [6.07, 6.45) is 3.73. The van der Waals surface area contributed by atoms with Crippen LogP contribution in [-0.4, -0.2) is 48.9 Å². The van der Waals surface area contributed by atoms with Crippen molar-refractivity contribution in [3.63, 3.8) is 0 Å². The van der Waals surface area contributed by atoms with Crippen LogP contribution in [0.15, 0.2) is 36.7 Å². The molecule has 0 aliphatic rings. The molecule has 1 heterocycles. The monoisotopic (exact) mass is 374 g/mol. The van der Waals surface area contributed by atoms with Crippen LogP contribution in [0.2, 0.25) is 5.02 Å². The zero-order chi connectivity index (χ0) is 19.1. The molecule has 2 N–H and O–H groups in total. The fourth-order valence-corrected chi connectivity index (χ4v) is 2.58. The Morgan fingerprint density at radius 1 is 1.12 bits per heavy atom. The van der Waals surface area contributed by atoms with E-state index in [9.17, 15) is 9.59 Å². The SMILES string of the molecule is Cc1cc(Cl)ccc1NC(=O)c1cncc(C(=O)NCCCN(C)C)c1. The van der Waals surface area contributed by atoms with Crippen LogP contribution in [0.25, 0.3) is 0 Å². The predicted molar refractivity (Wildman–Crippen MR) is 104 cm³/mol. The van der Waals surface area contributed by atoms with Gasteiger partial charge in [0.25, 0.3) is 11.8 Å². The number of aromatic nitrogens is 1. The van der Waals surface area contributed by atoms with Gasteiger partial charge in [-0.15, -0.1) is 0 Å². The number of hydrogen-bond acceptors (Lipinski definition) is 4. The summed E-state index contributed by atoms with van der Waals surface area (Å²) in [5.74, 6) is -0.571. The molecule has 0 bridgehead atoms. The van der Waals surface area contributed by atoms with Gasteiger partial charge in [-0.2, -0.15) is 0 Å². The second-order valence-electron chi connectivity index (χ2n) is 6.29. The normalized spacial score (nSPS) is 10.7. The summed E-state index contributed by atoms with van der Waals surface area (Å²) < 4.78 is 0. The minimum atomic E-state index is -0.329. The average molecular weight is 375 g/mol. The van der Waals surface area contributed by atoms with Gasteiger partial charge in [0.2, 0.25) is 0 Å². The standard InChI is InChI=1S/C19H23ClN4O2/c1-13-9-16(20)5-6-17(13)23-19(26)15-10-14(11-21-12-15)18(25)22-7-4-8-24(2)3/h5-6,9-12H,4,7-8H2,1-3H3,(H,22,25)(H,23,26). The zero-order valence-electron chi connectivity index (χ0n) is 15.2. The van der Waals surface area contributed by atoms with E-state index in [1.807, 2.05) is 21.0 Å². The van der Waals surface area contributed by atoms with Crippen LogP contribution >= 0.6 is 11.6 Å². The van der Waals surface area contributed by atoms with Gasteiger partial charge >= 0.3 is 0 Å². The van der Waals surface area contributed by atoms with E-state index in [1.165, 1.54) is 18.5 Å². The van der Waals surface area contributed by atoms with Gasteiger partial charge in [0.15, 0.2) is 0 Å². The maximum Gasteiger partial charge on any atom is 0.257 e. The molecule has 0 saturated heterocycles. The highest BCUT2D eigenvalue weighted by molar-refractivity contribution is 6.30. The molecule has 2 rings (SSSR count). The van der Waals surface area contributed by atoms with Crippen molar-refractivity contribution in [2.45, 2.75) is 13.3 Å². The molecule has 0 radical (unpaired) electrons. The van der Waals surface area contributed by atoms with Crippen molar-refractivity contribution in [3.8, 4) is 0 Å². The summed E-state index contributed by atoms with van der Waals surface area (Å²) in [7, 11) is 3.96. The van der Waals surface area contributed by atoms with Crippen LogP contribution in [-0.2, 0) is 0 Å². The fraction of sp³-hybridized carbons (Fsp3) is 0.316. The number of rotatable bonds is 7. The van der Waals surface area contributed by atoms with Crippen molar-refractivity contribution in [2.24, 2.45) is 0 Å². The first kappa shape index (κ1) is 19.9. The molecule has 1 aromatic heterocycles. The third-order valence-electron chi connectivity index (χ3n) is 3.77. The van der Waals surface area contributed by atoms with E-state index in [1.54, 1.807) is 18.2 Å². The van der Waals surface area contributed by atoms with E-state index < -0.39 is 0 Å². The molecule has 6 nitrogen and oxygen atoms in total. The summed E-state index contributed by atoms with van der Waals surface area (Å²) in [5.41, 5.74) is 2.20. The Hall–Kier alpha value is -2.44. The van der Waals surface area contributed by atoms with Crippen LogP contribution in [0.1, 0.15) is 32.7 Å². The number of carbonyl (C=O) groups is 2. The van der Waals surface area contributed by atoms with Crippen molar-refractivity contribution in [1.82, 2.24) is 15.2 Å². The zero-order valence-corrected chi connectivity index (χ0v) is 15.9. The maximum absolute atomic E-state index is 12.4. The molecule has 0 aliphatic heterocycles. The molecule has 7 heteroatoms. The Morgan fingerprint density at radius 2 is 1.81 bits per heavy atom. The Labute approximate surface area is 158 Å². The number of pyridine rings is 1. The van der Waals surface area contributed by atoms with Gasteiger partial charge in [-0.3, -0.25) is 14.6 Å². The summed E-state index contributed by atoms with van der Waals surface area (Å²) in [5, 5.41) is 6.25. The molecule has 0 saturated carbocycles. The lowest BCUT2D eigenvalue weighted by Gasteiger charge is -2.11. The number of aryl methyl sites for hydroxylation is 1. The minimum Gasteiger partial charge on any atom is -0.352 e. The number of carbonyl (C=O) groups excluding carboxylic acids is 2. The van der Waals surface area contributed by atoms with Crippen molar-refractivity contribution in [1.29, 1.82) is 0 Å². The molecule has 138 valence electrons. The quantitative estimate of drug-likeness (QED) is 0.731. The highest BCUT2D eigenvalue weighted by atomic mass is 35.5. The lowest BCUT2D eigenvalue weighted by molar-refractivity contribution is 0.0952. The second-order valence-corrected chi connectivity index (χ2v) is 6.72. The van der Waals surface area contributed by atoms with Crippen molar-refractivity contribution in [3.05, 3.63) is 58.4 Å². The average Bonchev–Trinajstić information content (AvgIpc) is 2.60. The van der Waals surface area contributed by atoms with Gasteiger partial charge in [-0.25, -0.2) is 0 Å². The Kier molecular flexibility index (Phi) is 7.12. The first-order valence-corrected chi connectivity index (χ1v) is 8.70. The number of nitrogens with zero attached hydrogens (tertiary/aromatic N) is 2. The highest BCUT2D eigenvalue weighted by Gasteiger charge is 2.12. The van der Waals surface area contributed by atoms with Crippen LogP contribution < -0.4 is 10.6 Å². The molecule has 0 aliphatic carbocycles. The first-order chi connectivity index (χ1) is 12.4. The number of amides is 2. The van der Waals surface area contributed by atoms with Crippen molar-refractivity contribution < 1.29 is 9.59 Å². The number of halogens is 1. The molecule has 1 aromatic carbocycles. The Bertz CT molecular complexity index is 793. The predicted octanol–water partition coefficient (Wildman–Crippen LogP) is 2.98. The third-order valence-corrected chi connectivity index (χ3v) is 4.00. The van der Waals surface area contributed by atoms with Crippen molar-refractivity contribution >= 4 is 29.1 Å². The summed E-state index contributed by atoms with van der Waals surface area (Å²) in [4.78, 5) is 30.7. The van der Waals surface area contributed by atoms with Gasteiger partial charge in [0.1, 0.15) is 0 Å². The molecular formula is C19H23ClN4O2. The fourth-order valence-electron chi connectivity index (χ4n) is 2.35. The lowest BCUT2D eigenvalue weighted by Crippen LogP contribution is -2.27. The third kappa shape index (κ3) is 5.82. The molecule has 2 aromatic rings. The lowest BCUT2D eigenvalue weighted by atomic mass is 10.1. The van der Waals surface area contributed by atoms with Crippen LogP contribution in [0.5, 0.6) is 0 Å². The van der Waals surface area contributed by atoms with E-state index in [0.29, 0.717) is 28.4 Å². The van der Waals surface area contributed by atoms with Gasteiger partial charge in [-0.05, 0) is 63.8 Å². The molecule has 26 heavy (non-hydrogen) atoms. The maximum atomic E-state index is 12.4. The minimum absolute atomic E-state index is 0.242. The highest BCUT2D eigenvalue weighted by Crippen LogP contribution is 2.20. The first-order valence-electron chi connectivity index (χ1n) is 8.32. The summed E-state index contributed by atoms with van der Waals surface area (Å²) in [6, 6.07) is 6.76. The largest absolute Gasteiger partial charge is 0.352 e. The Balaban J connectivity index is 2.01.